The molecule has 266 valence electrons. The lowest BCUT2D eigenvalue weighted by atomic mass is 9.95. The van der Waals surface area contributed by atoms with Gasteiger partial charge in [-0.3, -0.25) is 14.7 Å². The zero-order chi connectivity index (χ0) is 36.4. The molecule has 1 fully saturated rings. The number of nitrogens with one attached hydrogen (secondary N) is 3. The van der Waals surface area contributed by atoms with Crippen LogP contribution in [0.2, 0.25) is 10.0 Å². The van der Waals surface area contributed by atoms with Gasteiger partial charge >= 0.3 is 0 Å². The van der Waals surface area contributed by atoms with Crippen molar-refractivity contribution >= 4 is 57.1 Å². The molecule has 1 amide bonds. The van der Waals surface area contributed by atoms with E-state index in [0.717, 1.165) is 42.6 Å². The number of carbonyl (C=O) groups excluding carboxylic acids is 1. The number of nitrogens with zero attached hydrogens (tertiary/aromatic N) is 4. The highest BCUT2D eigenvalue weighted by Crippen LogP contribution is 2.38. The number of fused-ring (bicyclic) bond motifs is 2. The molecule has 0 saturated carbocycles. The van der Waals surface area contributed by atoms with Crippen molar-refractivity contribution in [3.63, 3.8) is 0 Å². The molecule has 2 aliphatic rings. The van der Waals surface area contributed by atoms with Gasteiger partial charge in [-0.1, -0.05) is 41.4 Å². The summed E-state index contributed by atoms with van der Waals surface area (Å²) in [5, 5.41) is 30.8. The van der Waals surface area contributed by atoms with Crippen molar-refractivity contribution in [3.8, 4) is 6.07 Å². The molecule has 1 aromatic heterocycles. The zero-order valence-corrected chi connectivity index (χ0v) is 30.2. The summed E-state index contributed by atoms with van der Waals surface area (Å²) in [7, 11) is 0. The predicted octanol–water partition coefficient (Wildman–Crippen LogP) is 6.94. The summed E-state index contributed by atoms with van der Waals surface area (Å²) in [6.45, 7) is 8.80. The lowest BCUT2D eigenvalue weighted by Crippen LogP contribution is -2.49. The Balaban J connectivity index is 1.38. The third-order valence-corrected chi connectivity index (χ3v) is 10.2. The summed E-state index contributed by atoms with van der Waals surface area (Å²) in [4.78, 5) is 21.1. The molecule has 0 unspecified atom stereocenters. The third kappa shape index (κ3) is 7.85. The van der Waals surface area contributed by atoms with Crippen molar-refractivity contribution in [1.29, 1.82) is 5.26 Å². The number of pyridine rings is 1. The molecule has 6 rings (SSSR count). The monoisotopic (exact) mass is 730 g/mol. The Kier molecular flexibility index (Phi) is 10.6. The van der Waals surface area contributed by atoms with E-state index in [-0.39, 0.29) is 28.1 Å². The molecule has 4 aromatic rings. The van der Waals surface area contributed by atoms with Crippen molar-refractivity contribution in [1.82, 2.24) is 20.1 Å². The Bertz CT molecular complexity index is 2040. The van der Waals surface area contributed by atoms with Gasteiger partial charge < -0.3 is 31.7 Å². The molecule has 0 bridgehead atoms. The van der Waals surface area contributed by atoms with Crippen LogP contribution in [-0.4, -0.2) is 57.1 Å². The fraction of sp³-hybridized carbons (Fsp3) is 0.342. The molecule has 0 radical (unpaired) electrons. The number of aliphatic hydroxyl groups is 1. The normalized spacial score (nSPS) is 16.1. The molecule has 13 heteroatoms. The predicted molar refractivity (Wildman–Crippen MR) is 200 cm³/mol. The molecular formula is C38H41Cl2FN8O2. The van der Waals surface area contributed by atoms with Gasteiger partial charge in [0.2, 0.25) is 5.91 Å². The maximum absolute atomic E-state index is 13.9. The number of nitrogens with two attached hydrogens (primary N) is 1. The van der Waals surface area contributed by atoms with E-state index in [1.807, 2.05) is 30.5 Å². The number of likely N-dealkylation sites (tertiary alicyclic amines) is 1. The van der Waals surface area contributed by atoms with Crippen LogP contribution < -0.4 is 21.7 Å². The second kappa shape index (κ2) is 14.9. The first-order valence-corrected chi connectivity index (χ1v) is 17.6. The first kappa shape index (κ1) is 36.2. The first-order chi connectivity index (χ1) is 24.4. The number of rotatable bonds is 9. The van der Waals surface area contributed by atoms with Gasteiger partial charge in [0.1, 0.15) is 18.5 Å². The zero-order valence-electron chi connectivity index (χ0n) is 28.7. The molecule has 3 heterocycles. The Morgan fingerprint density at radius 3 is 2.57 bits per heavy atom. The topological polar surface area (TPSA) is 143 Å². The quantitative estimate of drug-likeness (QED) is 0.124. The van der Waals surface area contributed by atoms with Crippen LogP contribution in [0.5, 0.6) is 0 Å². The first-order valence-electron chi connectivity index (χ1n) is 16.8. The van der Waals surface area contributed by atoms with Gasteiger partial charge in [0.15, 0.2) is 0 Å². The minimum absolute atomic E-state index is 0.0645. The van der Waals surface area contributed by atoms with Gasteiger partial charge in [0.25, 0.3) is 0 Å². The fourth-order valence-electron chi connectivity index (χ4n) is 6.80. The van der Waals surface area contributed by atoms with E-state index in [4.69, 9.17) is 28.9 Å². The van der Waals surface area contributed by atoms with Crippen molar-refractivity contribution in [2.45, 2.75) is 64.3 Å². The van der Waals surface area contributed by atoms with E-state index in [1.54, 1.807) is 11.0 Å². The van der Waals surface area contributed by atoms with E-state index in [9.17, 15) is 19.6 Å². The van der Waals surface area contributed by atoms with Crippen molar-refractivity contribution in [2.24, 2.45) is 5.73 Å². The van der Waals surface area contributed by atoms with E-state index in [0.29, 0.717) is 51.8 Å². The molecule has 2 aliphatic heterocycles. The second-order valence-corrected chi connectivity index (χ2v) is 14.8. The number of aromatic nitrogens is 1. The number of piperidine rings is 1. The maximum atomic E-state index is 13.9. The van der Waals surface area contributed by atoms with Gasteiger partial charge in [-0.05, 0) is 80.6 Å². The number of hydrogen-bond donors (Lipinski definition) is 5. The van der Waals surface area contributed by atoms with Crippen molar-refractivity contribution < 1.29 is 14.3 Å². The number of benzene rings is 3. The van der Waals surface area contributed by atoms with Crippen LogP contribution in [0.15, 0.2) is 66.6 Å². The van der Waals surface area contributed by atoms with Crippen LogP contribution in [0.4, 0.5) is 21.5 Å². The Morgan fingerprint density at radius 2 is 1.88 bits per heavy atom. The third-order valence-electron chi connectivity index (χ3n) is 9.63. The largest absolute Gasteiger partial charge is 0.399 e. The molecule has 0 spiro atoms. The molecular weight excluding hydrogens is 690 g/mol. The second-order valence-electron chi connectivity index (χ2n) is 14.0. The molecule has 51 heavy (non-hydrogen) atoms. The van der Waals surface area contributed by atoms with E-state index < -0.39 is 18.5 Å². The van der Waals surface area contributed by atoms with Gasteiger partial charge in [0.05, 0.1) is 38.6 Å². The average molecular weight is 732 g/mol. The number of nitriles is 1. The summed E-state index contributed by atoms with van der Waals surface area (Å²) in [5.74, 6) is -0.910. The van der Waals surface area contributed by atoms with Crippen LogP contribution in [0.3, 0.4) is 0 Å². The smallest absolute Gasteiger partial charge is 0.248 e. The molecule has 1 atom stereocenters. The molecule has 10 nitrogen and oxygen atoms in total. The van der Waals surface area contributed by atoms with Gasteiger partial charge in [0, 0.05) is 66.9 Å². The van der Waals surface area contributed by atoms with Crippen molar-refractivity contribution in [3.05, 3.63) is 105 Å². The highest BCUT2D eigenvalue weighted by molar-refractivity contribution is 6.36. The summed E-state index contributed by atoms with van der Waals surface area (Å²) in [6, 6.07) is 15.6. The average Bonchev–Trinajstić information content (AvgIpc) is 3.56. The number of aliphatic hydroxyl groups excluding tert-OH is 1. The highest BCUT2D eigenvalue weighted by Gasteiger charge is 2.30. The minimum atomic E-state index is -0.570. The van der Waals surface area contributed by atoms with Gasteiger partial charge in [-0.25, -0.2) is 4.39 Å². The number of carbonyl (C=O) groups is 1. The lowest BCUT2D eigenvalue weighted by Gasteiger charge is -2.41. The summed E-state index contributed by atoms with van der Waals surface area (Å²) in [6.07, 6.45) is 5.25. The van der Waals surface area contributed by atoms with E-state index in [2.05, 4.69) is 52.7 Å². The minimum Gasteiger partial charge on any atom is -0.399 e. The van der Waals surface area contributed by atoms with Crippen molar-refractivity contribution in [2.75, 3.05) is 30.3 Å². The molecule has 1 saturated heterocycles. The maximum Gasteiger partial charge on any atom is 0.248 e. The number of anilines is 3. The number of hydrogen-bond acceptors (Lipinski definition) is 9. The Hall–Kier alpha value is -4.60. The van der Waals surface area contributed by atoms with Gasteiger partial charge in [-0.2, -0.15) is 5.26 Å². The lowest BCUT2D eigenvalue weighted by molar-refractivity contribution is -0.134. The highest BCUT2D eigenvalue weighted by atomic mass is 35.5. The van der Waals surface area contributed by atoms with Crippen LogP contribution in [0.25, 0.3) is 10.9 Å². The Labute approximate surface area is 307 Å². The summed E-state index contributed by atoms with van der Waals surface area (Å²) < 4.78 is 13.9. The van der Waals surface area contributed by atoms with E-state index >= 15 is 0 Å². The van der Waals surface area contributed by atoms with Crippen LogP contribution in [0, 0.1) is 17.1 Å². The molecule has 3 aromatic carbocycles. The summed E-state index contributed by atoms with van der Waals surface area (Å²) >= 11 is 12.9. The molecule has 0 aliphatic carbocycles. The van der Waals surface area contributed by atoms with Gasteiger partial charge in [-0.15, -0.1) is 0 Å². The standard InChI is InChI=1S/C38H41Cl2FN8O2/c1-38(2,3)49-11-9-24(10-12-49)44-18-33(43)37(27-6-4-5-22-19-48(20-29(22)27)34(51)21-50)47-26-13-28-35(46-25-7-8-32(41)30(39)14-25)23(16-42)17-45-36(28)31(40)15-26/h4-8,13-15,17-18,24,37,44,47,50H,9-12,19-21,43H2,1-3H3,(H,45,46)/b33-18-/t37-/m0/s1. The summed E-state index contributed by atoms with van der Waals surface area (Å²) in [5.41, 5.74) is 12.6. The Morgan fingerprint density at radius 1 is 1.14 bits per heavy atom. The van der Waals surface area contributed by atoms with Crippen LogP contribution in [0.1, 0.15) is 61.9 Å². The van der Waals surface area contributed by atoms with Crippen LogP contribution in [-0.2, 0) is 17.9 Å². The SMILES string of the molecule is CC(C)(C)N1CCC(N/C=C(\N)[C@@H](Nc2cc(Cl)c3ncc(C#N)c(Nc4ccc(F)c(Cl)c4)c3c2)c2cccc3c2CN(C(=O)CO)C3)CC1. The number of amides is 1. The number of halogens is 3. The van der Waals surface area contributed by atoms with Crippen LogP contribution >= 0.6 is 23.2 Å². The fourth-order valence-corrected chi connectivity index (χ4v) is 7.25. The van der Waals surface area contributed by atoms with E-state index in [1.165, 1.54) is 24.4 Å². The molecule has 6 N–H and O–H groups in total.